The summed E-state index contributed by atoms with van der Waals surface area (Å²) in [7, 11) is 0. The van der Waals surface area contributed by atoms with Crippen molar-refractivity contribution in [1.82, 2.24) is 0 Å². The van der Waals surface area contributed by atoms with Crippen molar-refractivity contribution in [2.45, 2.75) is 18.9 Å². The maximum Gasteiger partial charge on any atom is 0.135 e. The number of hydrogen-bond donors (Lipinski definition) is 0. The molecule has 0 saturated heterocycles. The van der Waals surface area contributed by atoms with E-state index in [1.807, 2.05) is 36.4 Å². The molecule has 1 aliphatic rings. The first-order valence-electron chi connectivity index (χ1n) is 8.77. The molecule has 0 N–H and O–H groups in total. The van der Waals surface area contributed by atoms with E-state index in [4.69, 9.17) is 5.26 Å². The number of nitriles is 1. The molecule has 0 amide bonds. The molecule has 0 spiro atoms. The van der Waals surface area contributed by atoms with Crippen molar-refractivity contribution >= 4 is 5.71 Å². The number of nitrogens with zero attached hydrogens (tertiary/aromatic N) is 2. The lowest BCUT2D eigenvalue weighted by molar-refractivity contribution is 0.578. The summed E-state index contributed by atoms with van der Waals surface area (Å²) in [6.45, 7) is 0. The van der Waals surface area contributed by atoms with Gasteiger partial charge in [0, 0.05) is 5.71 Å². The van der Waals surface area contributed by atoms with Gasteiger partial charge in [0.05, 0.1) is 23.2 Å². The van der Waals surface area contributed by atoms with Crippen molar-refractivity contribution in [1.29, 1.82) is 5.26 Å². The molecule has 132 valence electrons. The quantitative estimate of drug-likeness (QED) is 0.580. The molecule has 4 heteroatoms. The van der Waals surface area contributed by atoms with Crippen LogP contribution in [0.1, 0.15) is 35.6 Å². The molecule has 4 rings (SSSR count). The van der Waals surface area contributed by atoms with Crippen molar-refractivity contribution in [2.24, 2.45) is 4.99 Å². The third kappa shape index (κ3) is 3.37. The first-order valence-corrected chi connectivity index (χ1v) is 8.77. The highest BCUT2D eigenvalue weighted by Crippen LogP contribution is 2.33. The van der Waals surface area contributed by atoms with E-state index < -0.39 is 11.6 Å². The summed E-state index contributed by atoms with van der Waals surface area (Å²) in [4.78, 5) is 4.58. The standard InChI is InChI=1S/C23H16F2N2/c24-19-2-1-3-20(25)23(19)22-13-12-21(27-22)18-10-8-17(9-11-18)16-6-4-15(14-26)5-7-16/h1-11,21H,12-13H2. The Morgan fingerprint density at radius 2 is 1.44 bits per heavy atom. The van der Waals surface area contributed by atoms with Gasteiger partial charge in [-0.25, -0.2) is 8.78 Å². The van der Waals surface area contributed by atoms with Crippen molar-refractivity contribution in [3.05, 3.63) is 95.1 Å². The first-order chi connectivity index (χ1) is 13.2. The zero-order chi connectivity index (χ0) is 18.8. The smallest absolute Gasteiger partial charge is 0.135 e. The van der Waals surface area contributed by atoms with Crippen molar-refractivity contribution in [3.63, 3.8) is 0 Å². The van der Waals surface area contributed by atoms with E-state index >= 15 is 0 Å². The van der Waals surface area contributed by atoms with E-state index in [0.29, 0.717) is 17.7 Å². The molecule has 3 aromatic rings. The summed E-state index contributed by atoms with van der Waals surface area (Å²) < 4.78 is 28.0. The van der Waals surface area contributed by atoms with Gasteiger partial charge in [-0.3, -0.25) is 4.99 Å². The van der Waals surface area contributed by atoms with Crippen molar-refractivity contribution in [3.8, 4) is 17.2 Å². The zero-order valence-corrected chi connectivity index (χ0v) is 14.5. The lowest BCUT2D eigenvalue weighted by Gasteiger charge is -2.09. The Balaban J connectivity index is 1.58. The number of rotatable bonds is 3. The Bertz CT molecular complexity index is 1020. The van der Waals surface area contributed by atoms with E-state index in [-0.39, 0.29) is 11.6 Å². The van der Waals surface area contributed by atoms with Crippen LogP contribution >= 0.6 is 0 Å². The lowest BCUT2D eigenvalue weighted by atomic mass is 9.99. The minimum absolute atomic E-state index is 0.00537. The van der Waals surface area contributed by atoms with E-state index in [1.54, 1.807) is 12.1 Å². The Hall–Kier alpha value is -3.32. The number of hydrogen-bond acceptors (Lipinski definition) is 2. The van der Waals surface area contributed by atoms with Crippen LogP contribution in [0, 0.1) is 23.0 Å². The summed E-state index contributed by atoms with van der Waals surface area (Å²) in [5, 5.41) is 8.89. The van der Waals surface area contributed by atoms with Gasteiger partial charge in [0.15, 0.2) is 0 Å². The SMILES string of the molecule is N#Cc1ccc(-c2ccc(C3CCC(c4c(F)cccc4F)=N3)cc2)cc1. The van der Waals surface area contributed by atoms with Gasteiger partial charge in [-0.2, -0.15) is 5.26 Å². The summed E-state index contributed by atoms with van der Waals surface area (Å²) >= 11 is 0. The van der Waals surface area contributed by atoms with Gasteiger partial charge in [-0.1, -0.05) is 42.5 Å². The molecule has 0 aliphatic carbocycles. The molecule has 0 saturated carbocycles. The fourth-order valence-electron chi connectivity index (χ4n) is 3.43. The molecule has 1 heterocycles. The van der Waals surface area contributed by atoms with Crippen LogP contribution in [0.5, 0.6) is 0 Å². The molecular formula is C23H16F2N2. The van der Waals surface area contributed by atoms with E-state index in [1.165, 1.54) is 18.2 Å². The predicted molar refractivity (Wildman–Crippen MR) is 101 cm³/mol. The van der Waals surface area contributed by atoms with Gasteiger partial charge in [-0.15, -0.1) is 0 Å². The van der Waals surface area contributed by atoms with Gasteiger partial charge in [0.1, 0.15) is 11.6 Å². The molecule has 3 aromatic carbocycles. The van der Waals surface area contributed by atoms with Gasteiger partial charge >= 0.3 is 0 Å². The van der Waals surface area contributed by atoms with Gasteiger partial charge in [0.2, 0.25) is 0 Å². The number of halogens is 2. The first kappa shape index (κ1) is 17.1. The molecule has 1 unspecified atom stereocenters. The summed E-state index contributed by atoms with van der Waals surface area (Å²) in [5.41, 5.74) is 4.22. The Morgan fingerprint density at radius 3 is 2.04 bits per heavy atom. The predicted octanol–water partition coefficient (Wildman–Crippen LogP) is 5.83. The highest BCUT2D eigenvalue weighted by Gasteiger charge is 2.24. The molecule has 2 nitrogen and oxygen atoms in total. The molecule has 0 aromatic heterocycles. The van der Waals surface area contributed by atoms with Crippen LogP contribution in [0.25, 0.3) is 11.1 Å². The van der Waals surface area contributed by atoms with Gasteiger partial charge in [0.25, 0.3) is 0 Å². The summed E-state index contributed by atoms with van der Waals surface area (Å²) in [6.07, 6.45) is 1.29. The Morgan fingerprint density at radius 1 is 0.852 bits per heavy atom. The summed E-state index contributed by atoms with van der Waals surface area (Å²) in [6, 6.07) is 21.4. The monoisotopic (exact) mass is 358 g/mol. The van der Waals surface area contributed by atoms with Crippen LogP contribution < -0.4 is 0 Å². The average molecular weight is 358 g/mol. The Labute approximate surface area is 156 Å². The molecule has 0 radical (unpaired) electrons. The fourth-order valence-corrected chi connectivity index (χ4v) is 3.43. The molecular weight excluding hydrogens is 342 g/mol. The van der Waals surface area contributed by atoms with Crippen LogP contribution in [-0.4, -0.2) is 5.71 Å². The second-order valence-corrected chi connectivity index (χ2v) is 6.54. The third-order valence-electron chi connectivity index (χ3n) is 4.86. The van der Waals surface area contributed by atoms with Crippen LogP contribution in [0.3, 0.4) is 0 Å². The maximum absolute atomic E-state index is 14.0. The second-order valence-electron chi connectivity index (χ2n) is 6.54. The van der Waals surface area contributed by atoms with E-state index in [9.17, 15) is 8.78 Å². The highest BCUT2D eigenvalue weighted by atomic mass is 19.1. The van der Waals surface area contributed by atoms with Crippen LogP contribution in [0.15, 0.2) is 71.7 Å². The van der Waals surface area contributed by atoms with E-state index in [0.717, 1.165) is 23.1 Å². The van der Waals surface area contributed by atoms with Crippen molar-refractivity contribution < 1.29 is 8.78 Å². The minimum atomic E-state index is -0.564. The molecule has 27 heavy (non-hydrogen) atoms. The highest BCUT2D eigenvalue weighted by molar-refractivity contribution is 6.02. The van der Waals surface area contributed by atoms with Crippen LogP contribution in [0.4, 0.5) is 8.78 Å². The third-order valence-corrected chi connectivity index (χ3v) is 4.86. The summed E-state index contributed by atoms with van der Waals surface area (Å²) in [5.74, 6) is -1.13. The Kier molecular flexibility index (Phi) is 4.52. The van der Waals surface area contributed by atoms with Gasteiger partial charge in [-0.05, 0) is 53.8 Å². The lowest BCUT2D eigenvalue weighted by Crippen LogP contribution is -2.03. The second kappa shape index (κ2) is 7.13. The zero-order valence-electron chi connectivity index (χ0n) is 14.5. The molecule has 0 bridgehead atoms. The molecule has 1 atom stereocenters. The van der Waals surface area contributed by atoms with Crippen molar-refractivity contribution in [2.75, 3.05) is 0 Å². The molecule has 0 fully saturated rings. The normalized spacial score (nSPS) is 16.0. The maximum atomic E-state index is 14.0. The van der Waals surface area contributed by atoms with E-state index in [2.05, 4.69) is 11.1 Å². The van der Waals surface area contributed by atoms with Crippen LogP contribution in [0.2, 0.25) is 0 Å². The van der Waals surface area contributed by atoms with Crippen LogP contribution in [-0.2, 0) is 0 Å². The molecule has 1 aliphatic heterocycles. The topological polar surface area (TPSA) is 36.1 Å². The van der Waals surface area contributed by atoms with Gasteiger partial charge < -0.3 is 0 Å². The fraction of sp³-hybridized carbons (Fsp3) is 0.130. The average Bonchev–Trinajstić information content (AvgIpc) is 3.18. The number of aliphatic imine (C=N–C) groups is 1. The number of benzene rings is 3. The largest absolute Gasteiger partial charge is 0.281 e. The minimum Gasteiger partial charge on any atom is -0.281 e.